The zero-order valence-corrected chi connectivity index (χ0v) is 37.5. The van der Waals surface area contributed by atoms with Gasteiger partial charge in [-0.15, -0.1) is 0 Å². The molecule has 0 spiro atoms. The van der Waals surface area contributed by atoms with E-state index in [9.17, 15) is 61.0 Å². The lowest BCUT2D eigenvalue weighted by molar-refractivity contribution is -0.379. The number of hydrogen-bond donors (Lipinski definition) is 12. The molecule has 12 N–H and O–H groups in total. The Morgan fingerprint density at radius 2 is 1.08 bits per heavy atom. The van der Waals surface area contributed by atoms with Crippen molar-refractivity contribution in [1.82, 2.24) is 5.32 Å². The molecule has 0 radical (unpaired) electrons. The van der Waals surface area contributed by atoms with Crippen LogP contribution in [0.4, 0.5) is 0 Å². The maximum atomic E-state index is 13.1. The maximum Gasteiger partial charge on any atom is 0.220 e. The minimum absolute atomic E-state index is 0.229. The molecule has 3 rings (SSSR count). The monoisotopic (exact) mass is 922 g/mol. The van der Waals surface area contributed by atoms with Crippen LogP contribution < -0.4 is 5.32 Å². The lowest BCUT2D eigenvalue weighted by atomic mass is 9.96. The standard InChI is InChI=1S/C45H79NO18/c1-3-5-7-9-11-12-13-14-15-16-17-19-21-23-33(51)46-28(29(50)22-20-18-10-8-6-4-2)27-59-43-39(57)36(54)41(31(25-48)61-43)64-45-40(58)37(55)42(32(26-49)62-45)63-44-38(56)35(53)34(52)30(24-47)60-44/h5,7,11-12,14-15,28-32,34-45,47-50,52-58H,3-4,6,8-10,13,16-27H2,1-2H3,(H,46,51)/b7-5-,12-11-,15-14-. The molecule has 0 saturated carbocycles. The summed E-state index contributed by atoms with van der Waals surface area (Å²) in [6, 6.07) is -0.896. The van der Waals surface area contributed by atoms with E-state index >= 15 is 0 Å². The Balaban J connectivity index is 1.57. The van der Waals surface area contributed by atoms with E-state index in [1.165, 1.54) is 0 Å². The van der Waals surface area contributed by atoms with Crippen LogP contribution in [0.2, 0.25) is 0 Å². The van der Waals surface area contributed by atoms with Gasteiger partial charge in [0.2, 0.25) is 5.91 Å². The second kappa shape index (κ2) is 31.1. The summed E-state index contributed by atoms with van der Waals surface area (Å²) in [5.74, 6) is -0.282. The molecule has 17 atom stereocenters. The largest absolute Gasteiger partial charge is 0.394 e. The fraction of sp³-hybridized carbons (Fsp3) is 0.844. The minimum atomic E-state index is -1.97. The van der Waals surface area contributed by atoms with Gasteiger partial charge in [-0.25, -0.2) is 0 Å². The number of carbonyl (C=O) groups excluding carboxylic acids is 1. The summed E-state index contributed by atoms with van der Waals surface area (Å²) in [7, 11) is 0. The number of hydrogen-bond acceptors (Lipinski definition) is 18. The van der Waals surface area contributed by atoms with E-state index in [2.05, 4.69) is 55.6 Å². The summed E-state index contributed by atoms with van der Waals surface area (Å²) in [6.07, 6.45) is -1.06. The summed E-state index contributed by atoms with van der Waals surface area (Å²) >= 11 is 0. The molecule has 0 aliphatic carbocycles. The number of rotatable bonds is 30. The van der Waals surface area contributed by atoms with Crippen LogP contribution in [-0.2, 0) is 33.2 Å². The van der Waals surface area contributed by atoms with Crippen molar-refractivity contribution in [3.8, 4) is 0 Å². The highest BCUT2D eigenvalue weighted by atomic mass is 16.8. The molecule has 0 aromatic carbocycles. The van der Waals surface area contributed by atoms with E-state index in [1.54, 1.807) is 0 Å². The van der Waals surface area contributed by atoms with Crippen molar-refractivity contribution in [1.29, 1.82) is 0 Å². The second-order valence-electron chi connectivity index (χ2n) is 16.8. The Morgan fingerprint density at radius 3 is 1.67 bits per heavy atom. The van der Waals surface area contributed by atoms with Gasteiger partial charge in [-0.3, -0.25) is 4.79 Å². The number of unbranched alkanes of at least 4 members (excludes halogenated alkanes) is 8. The topological polar surface area (TPSA) is 307 Å². The predicted octanol–water partition coefficient (Wildman–Crippen LogP) is -0.143. The normalized spacial score (nSPS) is 34.8. The van der Waals surface area contributed by atoms with Crippen molar-refractivity contribution >= 4 is 5.91 Å². The predicted molar refractivity (Wildman–Crippen MR) is 231 cm³/mol. The summed E-state index contributed by atoms with van der Waals surface area (Å²) < 4.78 is 34.0. The van der Waals surface area contributed by atoms with Crippen LogP contribution in [0.5, 0.6) is 0 Å². The summed E-state index contributed by atoms with van der Waals surface area (Å²) in [4.78, 5) is 13.1. The molecule has 19 heteroatoms. The molecule has 3 heterocycles. The number of carbonyl (C=O) groups is 1. The number of aliphatic hydroxyl groups excluding tert-OH is 11. The third kappa shape index (κ3) is 17.9. The van der Waals surface area contributed by atoms with Gasteiger partial charge in [0, 0.05) is 6.42 Å². The molecule has 3 fully saturated rings. The molecule has 1 amide bonds. The van der Waals surface area contributed by atoms with Crippen molar-refractivity contribution < 1.29 is 89.4 Å². The van der Waals surface area contributed by atoms with Crippen LogP contribution >= 0.6 is 0 Å². The van der Waals surface area contributed by atoms with Crippen LogP contribution in [0.25, 0.3) is 0 Å². The second-order valence-corrected chi connectivity index (χ2v) is 16.8. The Labute approximate surface area is 377 Å². The fourth-order valence-corrected chi connectivity index (χ4v) is 7.79. The first-order chi connectivity index (χ1) is 30.8. The van der Waals surface area contributed by atoms with Crippen molar-refractivity contribution in [3.05, 3.63) is 36.5 Å². The van der Waals surface area contributed by atoms with E-state index in [4.69, 9.17) is 28.4 Å². The number of nitrogens with one attached hydrogen (secondary N) is 1. The first-order valence-electron chi connectivity index (χ1n) is 23.2. The summed E-state index contributed by atoms with van der Waals surface area (Å²) in [5.41, 5.74) is 0. The zero-order valence-electron chi connectivity index (χ0n) is 37.5. The van der Waals surface area contributed by atoms with Crippen LogP contribution in [0.15, 0.2) is 36.5 Å². The molecular weight excluding hydrogens is 842 g/mol. The number of allylic oxidation sites excluding steroid dienone is 6. The molecule has 0 aromatic heterocycles. The quantitative estimate of drug-likeness (QED) is 0.0330. The molecule has 0 aromatic rings. The summed E-state index contributed by atoms with van der Waals surface area (Å²) in [6.45, 7) is 1.50. The van der Waals surface area contributed by atoms with E-state index < -0.39 is 124 Å². The Hall–Kier alpha value is -1.99. The van der Waals surface area contributed by atoms with Crippen molar-refractivity contribution in [2.45, 2.75) is 214 Å². The van der Waals surface area contributed by atoms with Crippen LogP contribution in [0.1, 0.15) is 110 Å². The smallest absolute Gasteiger partial charge is 0.220 e. The van der Waals surface area contributed by atoms with Gasteiger partial charge in [-0.2, -0.15) is 0 Å². The molecule has 19 nitrogen and oxygen atoms in total. The molecule has 17 unspecified atom stereocenters. The molecule has 3 saturated heterocycles. The van der Waals surface area contributed by atoms with E-state index in [0.717, 1.165) is 70.6 Å². The first kappa shape index (κ1) is 56.3. The molecule has 64 heavy (non-hydrogen) atoms. The molecular formula is C45H79NO18. The van der Waals surface area contributed by atoms with Gasteiger partial charge in [0.1, 0.15) is 73.2 Å². The number of aliphatic hydroxyl groups is 11. The molecule has 372 valence electrons. The average molecular weight is 922 g/mol. The van der Waals surface area contributed by atoms with Gasteiger partial charge in [-0.05, 0) is 44.9 Å². The Kier molecular flexibility index (Phi) is 27.4. The van der Waals surface area contributed by atoms with Gasteiger partial charge in [-0.1, -0.05) is 95.2 Å². The van der Waals surface area contributed by atoms with Crippen molar-refractivity contribution in [2.75, 3.05) is 26.4 Å². The summed E-state index contributed by atoms with van der Waals surface area (Å²) in [5, 5.41) is 119. The van der Waals surface area contributed by atoms with E-state index in [1.807, 2.05) is 0 Å². The maximum absolute atomic E-state index is 13.1. The van der Waals surface area contributed by atoms with Gasteiger partial charge in [0.15, 0.2) is 18.9 Å². The molecule has 3 aliphatic heterocycles. The average Bonchev–Trinajstić information content (AvgIpc) is 3.29. The minimum Gasteiger partial charge on any atom is -0.394 e. The van der Waals surface area contributed by atoms with E-state index in [0.29, 0.717) is 19.3 Å². The van der Waals surface area contributed by atoms with E-state index in [-0.39, 0.29) is 18.9 Å². The van der Waals surface area contributed by atoms with Gasteiger partial charge in [0.25, 0.3) is 0 Å². The fourth-order valence-electron chi connectivity index (χ4n) is 7.79. The van der Waals surface area contributed by atoms with Gasteiger partial charge in [0.05, 0.1) is 38.6 Å². The molecule has 3 aliphatic rings. The first-order valence-corrected chi connectivity index (χ1v) is 23.2. The molecule has 0 bridgehead atoms. The van der Waals surface area contributed by atoms with Gasteiger partial charge < -0.3 is 89.9 Å². The third-order valence-electron chi connectivity index (χ3n) is 11.7. The number of amides is 1. The zero-order chi connectivity index (χ0) is 47.0. The highest BCUT2D eigenvalue weighted by molar-refractivity contribution is 5.76. The van der Waals surface area contributed by atoms with Crippen LogP contribution in [0, 0.1) is 0 Å². The van der Waals surface area contributed by atoms with Crippen molar-refractivity contribution in [3.63, 3.8) is 0 Å². The lowest BCUT2D eigenvalue weighted by Crippen LogP contribution is -2.66. The Bertz CT molecular complexity index is 1340. The highest BCUT2D eigenvalue weighted by Crippen LogP contribution is 2.33. The van der Waals surface area contributed by atoms with Crippen molar-refractivity contribution in [2.24, 2.45) is 0 Å². The van der Waals surface area contributed by atoms with Gasteiger partial charge >= 0.3 is 0 Å². The highest BCUT2D eigenvalue weighted by Gasteiger charge is 2.53. The number of ether oxygens (including phenoxy) is 6. The van der Waals surface area contributed by atoms with Crippen LogP contribution in [0.3, 0.4) is 0 Å². The lowest BCUT2D eigenvalue weighted by Gasteiger charge is -2.48. The van der Waals surface area contributed by atoms with Crippen LogP contribution in [-0.4, -0.2) is 193 Å². The SMILES string of the molecule is CC/C=C\C/C=C\C/C=C\CCCCCC(=O)NC(COC1OC(CO)C(OC2OC(CO)C(OC3OC(CO)C(O)C(O)C3O)C(O)C2O)C(O)C1O)C(O)CCCCCCCC. The third-order valence-corrected chi connectivity index (χ3v) is 11.7. The Morgan fingerprint density at radius 1 is 0.578 bits per heavy atom.